The van der Waals surface area contributed by atoms with Gasteiger partial charge in [-0.1, -0.05) is 0 Å². The maximum absolute atomic E-state index is 12.3. The van der Waals surface area contributed by atoms with E-state index in [-0.39, 0.29) is 11.4 Å². The summed E-state index contributed by atoms with van der Waals surface area (Å²) in [5.74, 6) is -0.974. The predicted molar refractivity (Wildman–Crippen MR) is 79.5 cm³/mol. The van der Waals surface area contributed by atoms with Gasteiger partial charge in [-0.2, -0.15) is 0 Å². The van der Waals surface area contributed by atoms with Crippen LogP contribution < -0.4 is 15.0 Å². The third-order valence-corrected chi connectivity index (χ3v) is 4.01. The molecule has 11 nitrogen and oxygen atoms in total. The van der Waals surface area contributed by atoms with Crippen LogP contribution in [0.2, 0.25) is 0 Å². The number of ether oxygens (including phenoxy) is 1. The molecule has 0 fully saturated rings. The minimum Gasteiger partial charge on any atom is -0.495 e. The van der Waals surface area contributed by atoms with Crippen molar-refractivity contribution >= 4 is 21.6 Å². The molecule has 126 valence electrons. The van der Waals surface area contributed by atoms with Crippen molar-refractivity contribution in [2.75, 3.05) is 7.11 Å². The number of benzene rings is 1. The molecule has 1 amide bonds. The van der Waals surface area contributed by atoms with Crippen LogP contribution >= 0.6 is 0 Å². The number of sulfonamides is 1. The summed E-state index contributed by atoms with van der Waals surface area (Å²) >= 11 is 0. The first-order chi connectivity index (χ1) is 11.3. The average Bonchev–Trinajstić information content (AvgIpc) is 2.59. The number of methoxy groups -OCH3 is 1. The summed E-state index contributed by atoms with van der Waals surface area (Å²) in [6.07, 6.45) is 3.74. The van der Waals surface area contributed by atoms with E-state index in [1.807, 2.05) is 10.3 Å². The monoisotopic (exact) mass is 353 g/mol. The van der Waals surface area contributed by atoms with Crippen LogP contribution in [0.5, 0.6) is 5.75 Å². The smallest absolute Gasteiger partial charge is 0.286 e. The van der Waals surface area contributed by atoms with Gasteiger partial charge in [0.25, 0.3) is 21.6 Å². The van der Waals surface area contributed by atoms with Crippen molar-refractivity contribution in [3.05, 3.63) is 52.6 Å². The van der Waals surface area contributed by atoms with E-state index >= 15 is 0 Å². The number of aromatic nitrogens is 2. The third-order valence-electron chi connectivity index (χ3n) is 2.74. The van der Waals surface area contributed by atoms with Gasteiger partial charge in [0.2, 0.25) is 0 Å². The van der Waals surface area contributed by atoms with Crippen molar-refractivity contribution in [3.63, 3.8) is 0 Å². The Kier molecular flexibility index (Phi) is 5.01. The van der Waals surface area contributed by atoms with Crippen molar-refractivity contribution < 1.29 is 22.9 Å². The Labute approximate surface area is 135 Å². The van der Waals surface area contributed by atoms with Gasteiger partial charge >= 0.3 is 0 Å². The Bertz CT molecular complexity index is 871. The summed E-state index contributed by atoms with van der Waals surface area (Å²) in [6.45, 7) is 0. The molecule has 2 rings (SSSR count). The number of amides is 1. The van der Waals surface area contributed by atoms with Gasteiger partial charge in [0.15, 0.2) is 0 Å². The van der Waals surface area contributed by atoms with Crippen LogP contribution in [0.15, 0.2) is 41.7 Å². The Hall–Kier alpha value is -3.12. The fourth-order valence-electron chi connectivity index (χ4n) is 1.64. The van der Waals surface area contributed by atoms with E-state index in [0.29, 0.717) is 0 Å². The molecule has 0 saturated heterocycles. The number of carbonyl (C=O) groups excluding carboxylic acids is 1. The van der Waals surface area contributed by atoms with Gasteiger partial charge in [-0.05, 0) is 6.07 Å². The van der Waals surface area contributed by atoms with Crippen LogP contribution in [0.4, 0.5) is 5.69 Å². The second-order valence-corrected chi connectivity index (χ2v) is 5.89. The predicted octanol–water partition coefficient (Wildman–Crippen LogP) is 0.0167. The number of rotatable bonds is 6. The number of hydrogen-bond acceptors (Lipinski definition) is 8. The summed E-state index contributed by atoms with van der Waals surface area (Å²) in [7, 11) is -3.12. The Balaban J connectivity index is 2.25. The maximum atomic E-state index is 12.3. The van der Waals surface area contributed by atoms with Gasteiger partial charge in [-0.15, -0.1) is 4.83 Å². The van der Waals surface area contributed by atoms with E-state index in [9.17, 15) is 23.3 Å². The summed E-state index contributed by atoms with van der Waals surface area (Å²) in [5.41, 5.74) is 1.37. The summed E-state index contributed by atoms with van der Waals surface area (Å²) in [6, 6.07) is 3.04. The number of carbonyl (C=O) groups is 1. The van der Waals surface area contributed by atoms with Crippen LogP contribution in [0.3, 0.4) is 0 Å². The van der Waals surface area contributed by atoms with Crippen LogP contribution in [0, 0.1) is 10.1 Å². The summed E-state index contributed by atoms with van der Waals surface area (Å²) in [4.78, 5) is 30.5. The molecule has 0 atom stereocenters. The number of nitro groups is 1. The molecule has 0 unspecified atom stereocenters. The first-order valence-electron chi connectivity index (χ1n) is 6.26. The zero-order valence-electron chi connectivity index (χ0n) is 12.2. The fourth-order valence-corrected chi connectivity index (χ4v) is 2.67. The zero-order valence-corrected chi connectivity index (χ0v) is 13.0. The van der Waals surface area contributed by atoms with Gasteiger partial charge in [0.1, 0.15) is 16.3 Å². The summed E-state index contributed by atoms with van der Waals surface area (Å²) < 4.78 is 29.4. The SMILES string of the molecule is COc1ccc([N+](=O)[O-])cc1S(=O)(=O)NNC(=O)c1cnccn1. The Morgan fingerprint density at radius 3 is 2.67 bits per heavy atom. The number of hydrazine groups is 1. The zero-order chi connectivity index (χ0) is 17.7. The molecule has 0 aliphatic carbocycles. The minimum absolute atomic E-state index is 0.119. The molecule has 0 bridgehead atoms. The second-order valence-electron chi connectivity index (χ2n) is 4.24. The van der Waals surface area contributed by atoms with Gasteiger partial charge < -0.3 is 4.74 Å². The lowest BCUT2D eigenvalue weighted by Gasteiger charge is -2.11. The van der Waals surface area contributed by atoms with Crippen molar-refractivity contribution in [2.24, 2.45) is 0 Å². The van der Waals surface area contributed by atoms with Crippen molar-refractivity contribution in [1.82, 2.24) is 20.2 Å². The highest BCUT2D eigenvalue weighted by Crippen LogP contribution is 2.27. The Morgan fingerprint density at radius 2 is 2.08 bits per heavy atom. The molecule has 1 aromatic carbocycles. The molecule has 0 aliphatic heterocycles. The lowest BCUT2D eigenvalue weighted by atomic mass is 10.3. The number of hydrogen-bond donors (Lipinski definition) is 2. The Morgan fingerprint density at radius 1 is 1.33 bits per heavy atom. The van der Waals surface area contributed by atoms with E-state index < -0.39 is 31.4 Å². The molecular weight excluding hydrogens is 342 g/mol. The highest BCUT2D eigenvalue weighted by atomic mass is 32.2. The topological polar surface area (TPSA) is 153 Å². The number of nitrogens with one attached hydrogen (secondary N) is 2. The van der Waals surface area contributed by atoms with E-state index in [4.69, 9.17) is 4.74 Å². The molecule has 24 heavy (non-hydrogen) atoms. The first-order valence-corrected chi connectivity index (χ1v) is 7.74. The van der Waals surface area contributed by atoms with Gasteiger partial charge in [-0.25, -0.2) is 13.4 Å². The van der Waals surface area contributed by atoms with Gasteiger partial charge in [0, 0.05) is 24.5 Å². The quantitative estimate of drug-likeness (QED) is 0.544. The van der Waals surface area contributed by atoms with E-state index in [1.165, 1.54) is 19.5 Å². The molecular formula is C12H11N5O6S. The number of nitrogens with zero attached hydrogens (tertiary/aromatic N) is 3. The highest BCUT2D eigenvalue weighted by Gasteiger charge is 2.24. The lowest BCUT2D eigenvalue weighted by molar-refractivity contribution is -0.385. The fraction of sp³-hybridized carbons (Fsp3) is 0.0833. The molecule has 2 N–H and O–H groups in total. The molecule has 1 aromatic heterocycles. The highest BCUT2D eigenvalue weighted by molar-refractivity contribution is 7.89. The normalized spacial score (nSPS) is 10.9. The lowest BCUT2D eigenvalue weighted by Crippen LogP contribution is -2.42. The van der Waals surface area contributed by atoms with E-state index in [0.717, 1.165) is 24.4 Å². The van der Waals surface area contributed by atoms with Crippen LogP contribution in [0.25, 0.3) is 0 Å². The van der Waals surface area contributed by atoms with Crippen molar-refractivity contribution in [1.29, 1.82) is 0 Å². The molecule has 12 heteroatoms. The first kappa shape index (κ1) is 17.2. The van der Waals surface area contributed by atoms with E-state index in [1.54, 1.807) is 0 Å². The van der Waals surface area contributed by atoms with Crippen LogP contribution in [0.1, 0.15) is 10.5 Å². The van der Waals surface area contributed by atoms with Crippen LogP contribution in [-0.2, 0) is 10.0 Å². The molecule has 0 aliphatic rings. The maximum Gasteiger partial charge on any atom is 0.286 e. The molecule has 2 aromatic rings. The van der Waals surface area contributed by atoms with Gasteiger partial charge in [0.05, 0.1) is 18.2 Å². The summed E-state index contributed by atoms with van der Waals surface area (Å²) in [5, 5.41) is 10.8. The van der Waals surface area contributed by atoms with Crippen molar-refractivity contribution in [2.45, 2.75) is 4.90 Å². The molecule has 0 spiro atoms. The number of nitro benzene ring substituents is 1. The third kappa shape index (κ3) is 3.80. The number of non-ortho nitro benzene ring substituents is 1. The molecule has 1 heterocycles. The average molecular weight is 353 g/mol. The van der Waals surface area contributed by atoms with E-state index in [2.05, 4.69) is 9.97 Å². The van der Waals surface area contributed by atoms with Crippen LogP contribution in [-0.4, -0.2) is 36.3 Å². The molecule has 0 radical (unpaired) electrons. The largest absolute Gasteiger partial charge is 0.495 e. The standard InChI is InChI=1S/C12H11N5O6S/c1-23-10-3-2-8(17(19)20)6-11(10)24(21,22)16-15-12(18)9-7-13-4-5-14-9/h2-7,16H,1H3,(H,15,18). The molecule has 0 saturated carbocycles. The van der Waals surface area contributed by atoms with Gasteiger partial charge in [-0.3, -0.25) is 25.3 Å². The van der Waals surface area contributed by atoms with Crippen molar-refractivity contribution in [3.8, 4) is 5.75 Å². The second kappa shape index (κ2) is 6.97. The minimum atomic E-state index is -4.32.